The summed E-state index contributed by atoms with van der Waals surface area (Å²) in [5.41, 5.74) is 5.80. The van der Waals surface area contributed by atoms with E-state index in [9.17, 15) is 9.59 Å². The molecular weight excluding hydrogens is 442 g/mol. The van der Waals surface area contributed by atoms with Crippen molar-refractivity contribution in [2.75, 3.05) is 37.9 Å². The Balaban J connectivity index is 1.64. The van der Waals surface area contributed by atoms with Crippen molar-refractivity contribution in [2.45, 2.75) is 13.5 Å². The van der Waals surface area contributed by atoms with Crippen LogP contribution >= 0.6 is 0 Å². The number of ketones is 1. The first kappa shape index (κ1) is 22.7. The Kier molecular flexibility index (Phi) is 6.01. The van der Waals surface area contributed by atoms with Crippen LogP contribution in [0.5, 0.6) is 11.5 Å². The van der Waals surface area contributed by atoms with Gasteiger partial charge in [0.25, 0.3) is 5.91 Å². The molecule has 3 aromatic rings. The summed E-state index contributed by atoms with van der Waals surface area (Å²) in [5.74, 6) is 1.01. The number of ether oxygens (including phenoxy) is 2. The van der Waals surface area contributed by atoms with E-state index in [0.717, 1.165) is 17.8 Å². The third-order valence-electron chi connectivity index (χ3n) is 5.97. The molecule has 5 rings (SSSR count). The molecule has 2 aliphatic rings. The molecule has 0 unspecified atom stereocenters. The number of carbonyl (C=O) groups is 2. The molecule has 7 heteroatoms. The first-order valence-electron chi connectivity index (χ1n) is 11.5. The van der Waals surface area contributed by atoms with E-state index in [1.807, 2.05) is 44.4 Å². The number of rotatable bonds is 6. The van der Waals surface area contributed by atoms with Gasteiger partial charge in [0, 0.05) is 34.6 Å². The molecule has 7 nitrogen and oxygen atoms in total. The van der Waals surface area contributed by atoms with Crippen molar-refractivity contribution in [3.05, 3.63) is 82.9 Å². The minimum Gasteiger partial charge on any atom is -0.486 e. The van der Waals surface area contributed by atoms with Gasteiger partial charge in [-0.05, 0) is 75.1 Å². The fourth-order valence-corrected chi connectivity index (χ4v) is 4.32. The summed E-state index contributed by atoms with van der Waals surface area (Å²) >= 11 is 0. The van der Waals surface area contributed by atoms with Crippen molar-refractivity contribution < 1.29 is 19.1 Å². The fraction of sp³-hybridized carbons (Fsp3) is 0.214. The standard InChI is InChI=1S/C28H27N3O4/c1-17(32)19-6-10-23-22(14-19)26(28(33)30-23)27(20-7-11-24-25(15-20)35-13-12-34-24)29-21-8-4-18(5-9-21)16-31(2)3/h4-11,14-15,29H,12-13,16H2,1-3H3,(H,30,33)/b27-26-. The topological polar surface area (TPSA) is 79.9 Å². The maximum atomic E-state index is 13.2. The lowest BCUT2D eigenvalue weighted by atomic mass is 9.97. The number of hydrogen-bond acceptors (Lipinski definition) is 6. The van der Waals surface area contributed by atoms with Crippen LogP contribution in [0.4, 0.5) is 11.4 Å². The summed E-state index contributed by atoms with van der Waals surface area (Å²) in [6.45, 7) is 3.32. The molecule has 3 aromatic carbocycles. The number of benzene rings is 3. The Hall–Kier alpha value is -4.10. The lowest BCUT2D eigenvalue weighted by Crippen LogP contribution is -2.16. The number of fused-ring (bicyclic) bond motifs is 2. The number of anilines is 2. The largest absolute Gasteiger partial charge is 0.486 e. The predicted octanol–water partition coefficient (Wildman–Crippen LogP) is 4.65. The Morgan fingerprint density at radius 3 is 2.37 bits per heavy atom. The van der Waals surface area contributed by atoms with Gasteiger partial charge in [0.2, 0.25) is 0 Å². The van der Waals surface area contributed by atoms with Gasteiger partial charge in [0.05, 0.1) is 11.3 Å². The monoisotopic (exact) mass is 469 g/mol. The molecule has 0 spiro atoms. The predicted molar refractivity (Wildman–Crippen MR) is 137 cm³/mol. The second-order valence-corrected chi connectivity index (χ2v) is 8.94. The molecule has 178 valence electrons. The van der Waals surface area contributed by atoms with Crippen LogP contribution in [0.15, 0.2) is 60.7 Å². The third-order valence-corrected chi connectivity index (χ3v) is 5.97. The van der Waals surface area contributed by atoms with E-state index < -0.39 is 0 Å². The molecule has 1 amide bonds. The molecule has 0 fully saturated rings. The first-order valence-corrected chi connectivity index (χ1v) is 11.5. The van der Waals surface area contributed by atoms with Gasteiger partial charge in [-0.25, -0.2) is 0 Å². The molecule has 0 bridgehead atoms. The van der Waals surface area contributed by atoms with Gasteiger partial charge in [-0.15, -0.1) is 0 Å². The normalized spacial score (nSPS) is 15.5. The second kappa shape index (κ2) is 9.27. The van der Waals surface area contributed by atoms with E-state index in [1.54, 1.807) is 18.2 Å². The van der Waals surface area contributed by atoms with Gasteiger partial charge >= 0.3 is 0 Å². The highest BCUT2D eigenvalue weighted by Crippen LogP contribution is 2.40. The van der Waals surface area contributed by atoms with Gasteiger partial charge in [0.15, 0.2) is 17.3 Å². The average Bonchev–Trinajstić information content (AvgIpc) is 3.17. The third kappa shape index (κ3) is 4.63. The molecule has 2 heterocycles. The highest BCUT2D eigenvalue weighted by molar-refractivity contribution is 6.37. The summed E-state index contributed by atoms with van der Waals surface area (Å²) in [6.07, 6.45) is 0. The van der Waals surface area contributed by atoms with Gasteiger partial charge in [-0.1, -0.05) is 12.1 Å². The lowest BCUT2D eigenvalue weighted by Gasteiger charge is -2.21. The van der Waals surface area contributed by atoms with Crippen molar-refractivity contribution in [2.24, 2.45) is 0 Å². The van der Waals surface area contributed by atoms with E-state index in [-0.39, 0.29) is 11.7 Å². The average molecular weight is 470 g/mol. The van der Waals surface area contributed by atoms with Gasteiger partial charge < -0.3 is 25.0 Å². The number of hydrogen-bond donors (Lipinski definition) is 2. The number of Topliss-reactive ketones (excluding diaryl/α,β-unsaturated/α-hetero) is 1. The first-order chi connectivity index (χ1) is 16.9. The van der Waals surface area contributed by atoms with Gasteiger partial charge in [-0.3, -0.25) is 9.59 Å². The fourth-order valence-electron chi connectivity index (χ4n) is 4.32. The van der Waals surface area contributed by atoms with E-state index in [1.165, 1.54) is 12.5 Å². The van der Waals surface area contributed by atoms with Crippen LogP contribution in [0.2, 0.25) is 0 Å². The summed E-state index contributed by atoms with van der Waals surface area (Å²) in [4.78, 5) is 27.4. The minimum atomic E-state index is -0.234. The van der Waals surface area contributed by atoms with Crippen molar-refractivity contribution in [3.8, 4) is 11.5 Å². The zero-order chi connectivity index (χ0) is 24.5. The van der Waals surface area contributed by atoms with E-state index in [0.29, 0.717) is 52.8 Å². The molecular formula is C28H27N3O4. The van der Waals surface area contributed by atoms with Crippen molar-refractivity contribution >= 4 is 34.3 Å². The Bertz CT molecular complexity index is 1340. The van der Waals surface area contributed by atoms with E-state index >= 15 is 0 Å². The Labute approximate surface area is 204 Å². The molecule has 0 saturated heterocycles. The van der Waals surface area contributed by atoms with Crippen LogP contribution in [0.3, 0.4) is 0 Å². The van der Waals surface area contributed by atoms with Gasteiger partial charge in [0.1, 0.15) is 13.2 Å². The van der Waals surface area contributed by atoms with E-state index in [4.69, 9.17) is 9.47 Å². The maximum absolute atomic E-state index is 13.2. The zero-order valence-electron chi connectivity index (χ0n) is 20.0. The van der Waals surface area contributed by atoms with Crippen LogP contribution in [0.25, 0.3) is 11.3 Å². The molecule has 0 atom stereocenters. The molecule has 0 aromatic heterocycles. The van der Waals surface area contributed by atoms with Crippen LogP contribution in [-0.4, -0.2) is 43.9 Å². The summed E-state index contributed by atoms with van der Waals surface area (Å²) in [7, 11) is 4.06. The Morgan fingerprint density at radius 2 is 1.66 bits per heavy atom. The smallest absolute Gasteiger partial charge is 0.258 e. The number of nitrogens with one attached hydrogen (secondary N) is 2. The number of amides is 1. The van der Waals surface area contributed by atoms with Crippen molar-refractivity contribution in [1.29, 1.82) is 0 Å². The number of carbonyl (C=O) groups excluding carboxylic acids is 2. The molecule has 2 N–H and O–H groups in total. The summed E-state index contributed by atoms with van der Waals surface area (Å²) in [5, 5.41) is 6.40. The maximum Gasteiger partial charge on any atom is 0.258 e. The Morgan fingerprint density at radius 1 is 0.943 bits per heavy atom. The quantitative estimate of drug-likeness (QED) is 0.404. The summed E-state index contributed by atoms with van der Waals surface area (Å²) in [6, 6.07) is 19.0. The SMILES string of the molecule is CC(=O)c1ccc2c(c1)/C(=C(/Nc1ccc(CN(C)C)cc1)c1ccc3c(c1)OCCO3)C(=O)N2. The molecule has 2 aliphatic heterocycles. The molecule has 0 saturated carbocycles. The van der Waals surface area contributed by atoms with Crippen LogP contribution in [-0.2, 0) is 11.3 Å². The van der Waals surface area contributed by atoms with Crippen LogP contribution in [0, 0.1) is 0 Å². The van der Waals surface area contributed by atoms with E-state index in [2.05, 4.69) is 27.7 Å². The minimum absolute atomic E-state index is 0.0585. The highest BCUT2D eigenvalue weighted by Gasteiger charge is 2.29. The van der Waals surface area contributed by atoms with Crippen LogP contribution < -0.4 is 20.1 Å². The zero-order valence-corrected chi connectivity index (χ0v) is 20.0. The second-order valence-electron chi connectivity index (χ2n) is 8.94. The molecule has 35 heavy (non-hydrogen) atoms. The van der Waals surface area contributed by atoms with Gasteiger partial charge in [-0.2, -0.15) is 0 Å². The molecule has 0 radical (unpaired) electrons. The molecule has 0 aliphatic carbocycles. The summed E-state index contributed by atoms with van der Waals surface area (Å²) < 4.78 is 11.5. The number of nitrogens with zero attached hydrogens (tertiary/aromatic N) is 1. The highest BCUT2D eigenvalue weighted by atomic mass is 16.6. The van der Waals surface area contributed by atoms with Crippen molar-refractivity contribution in [1.82, 2.24) is 4.90 Å². The lowest BCUT2D eigenvalue weighted by molar-refractivity contribution is -0.110. The van der Waals surface area contributed by atoms with Crippen LogP contribution in [0.1, 0.15) is 34.0 Å². The van der Waals surface area contributed by atoms with Crippen molar-refractivity contribution in [3.63, 3.8) is 0 Å².